The molecule has 0 aromatic carbocycles. The molecule has 1 amide bonds. The average molecular weight is 225 g/mol. The maximum atomic E-state index is 11.7. The summed E-state index contributed by atoms with van der Waals surface area (Å²) in [5.41, 5.74) is 5.83. The highest BCUT2D eigenvalue weighted by atomic mass is 16.2. The number of carbonyl (C=O) groups excluding carboxylic acids is 1. The Morgan fingerprint density at radius 2 is 2.19 bits per heavy atom. The predicted octanol–water partition coefficient (Wildman–Crippen LogP) is -0.0614. The maximum absolute atomic E-state index is 11.7. The van der Waals surface area contributed by atoms with Gasteiger partial charge in [0.15, 0.2) is 0 Å². The second kappa shape index (κ2) is 5.60. The van der Waals surface area contributed by atoms with Gasteiger partial charge in [-0.2, -0.15) is 5.10 Å². The fraction of sp³-hybridized carbons (Fsp3) is 0.700. The SMILES string of the molecule is CC(C)C(N)CNC(=O)C(C)n1cncn1. The van der Waals surface area contributed by atoms with E-state index in [4.69, 9.17) is 5.73 Å². The first-order valence-electron chi connectivity index (χ1n) is 5.39. The van der Waals surface area contributed by atoms with Crippen LogP contribution in [-0.2, 0) is 4.79 Å². The molecule has 0 aliphatic rings. The minimum Gasteiger partial charge on any atom is -0.353 e. The van der Waals surface area contributed by atoms with Crippen molar-refractivity contribution in [2.24, 2.45) is 11.7 Å². The standard InChI is InChI=1S/C10H19N5O/c1-7(2)9(11)4-13-10(16)8(3)15-6-12-5-14-15/h5-9H,4,11H2,1-3H3,(H,13,16). The zero-order valence-corrected chi connectivity index (χ0v) is 9.92. The van der Waals surface area contributed by atoms with E-state index in [-0.39, 0.29) is 18.0 Å². The van der Waals surface area contributed by atoms with Crippen molar-refractivity contribution in [2.45, 2.75) is 32.9 Å². The van der Waals surface area contributed by atoms with Crippen LogP contribution in [0.3, 0.4) is 0 Å². The number of hydrogen-bond acceptors (Lipinski definition) is 4. The Labute approximate surface area is 95.2 Å². The number of nitrogens with two attached hydrogens (primary N) is 1. The minimum absolute atomic E-state index is 0.0214. The van der Waals surface area contributed by atoms with Crippen LogP contribution in [0.25, 0.3) is 0 Å². The van der Waals surface area contributed by atoms with Crippen LogP contribution in [-0.4, -0.2) is 33.3 Å². The molecule has 3 N–H and O–H groups in total. The second-order valence-electron chi connectivity index (χ2n) is 4.20. The molecule has 0 fully saturated rings. The molecular formula is C10H19N5O. The second-order valence-corrected chi connectivity index (χ2v) is 4.20. The molecule has 16 heavy (non-hydrogen) atoms. The highest BCUT2D eigenvalue weighted by molar-refractivity contribution is 5.79. The zero-order valence-electron chi connectivity index (χ0n) is 9.92. The van der Waals surface area contributed by atoms with Crippen LogP contribution >= 0.6 is 0 Å². The molecule has 2 atom stereocenters. The van der Waals surface area contributed by atoms with Crippen LogP contribution in [0.4, 0.5) is 0 Å². The van der Waals surface area contributed by atoms with E-state index in [1.165, 1.54) is 17.3 Å². The molecule has 0 aliphatic heterocycles. The van der Waals surface area contributed by atoms with Crippen molar-refractivity contribution >= 4 is 5.91 Å². The topological polar surface area (TPSA) is 85.8 Å². The van der Waals surface area contributed by atoms with Crippen molar-refractivity contribution in [2.75, 3.05) is 6.54 Å². The van der Waals surface area contributed by atoms with Gasteiger partial charge in [-0.1, -0.05) is 13.8 Å². The lowest BCUT2D eigenvalue weighted by molar-refractivity contribution is -0.124. The summed E-state index contributed by atoms with van der Waals surface area (Å²) in [4.78, 5) is 15.5. The first-order valence-corrected chi connectivity index (χ1v) is 5.39. The Morgan fingerprint density at radius 1 is 1.50 bits per heavy atom. The van der Waals surface area contributed by atoms with Gasteiger partial charge in [-0.15, -0.1) is 0 Å². The monoisotopic (exact) mass is 225 g/mol. The summed E-state index contributed by atoms with van der Waals surface area (Å²) in [7, 11) is 0. The number of rotatable bonds is 5. The summed E-state index contributed by atoms with van der Waals surface area (Å²) < 4.78 is 1.51. The molecule has 1 aromatic heterocycles. The number of nitrogens with one attached hydrogen (secondary N) is 1. The highest BCUT2D eigenvalue weighted by Gasteiger charge is 2.16. The third kappa shape index (κ3) is 3.30. The van der Waals surface area contributed by atoms with Crippen LogP contribution in [0.5, 0.6) is 0 Å². The summed E-state index contributed by atoms with van der Waals surface area (Å²) in [5.74, 6) is 0.253. The fourth-order valence-corrected chi connectivity index (χ4v) is 1.14. The van der Waals surface area contributed by atoms with E-state index in [0.717, 1.165) is 0 Å². The van der Waals surface area contributed by atoms with Gasteiger partial charge in [0.1, 0.15) is 18.7 Å². The summed E-state index contributed by atoms with van der Waals surface area (Å²) in [6.07, 6.45) is 2.93. The Hall–Kier alpha value is -1.43. The summed E-state index contributed by atoms with van der Waals surface area (Å²) in [6.45, 7) is 6.30. The van der Waals surface area contributed by atoms with Gasteiger partial charge in [-0.3, -0.25) is 4.79 Å². The quantitative estimate of drug-likeness (QED) is 0.735. The number of aromatic nitrogens is 3. The summed E-state index contributed by atoms with van der Waals surface area (Å²) in [5, 5.41) is 6.71. The van der Waals surface area contributed by atoms with Crippen molar-refractivity contribution in [3.63, 3.8) is 0 Å². The Kier molecular flexibility index (Phi) is 4.42. The number of amides is 1. The van der Waals surface area contributed by atoms with Gasteiger partial charge >= 0.3 is 0 Å². The van der Waals surface area contributed by atoms with Crippen LogP contribution in [0.2, 0.25) is 0 Å². The molecule has 0 spiro atoms. The molecule has 1 heterocycles. The minimum atomic E-state index is -0.359. The van der Waals surface area contributed by atoms with Gasteiger partial charge in [0.2, 0.25) is 5.91 Å². The number of carbonyl (C=O) groups is 1. The third-order valence-corrected chi connectivity index (χ3v) is 2.58. The normalized spacial score (nSPS) is 14.8. The molecule has 90 valence electrons. The number of hydrogen-bond donors (Lipinski definition) is 2. The number of nitrogens with zero attached hydrogens (tertiary/aromatic N) is 3. The predicted molar refractivity (Wildman–Crippen MR) is 60.6 cm³/mol. The first kappa shape index (κ1) is 12.6. The molecule has 6 heteroatoms. The summed E-state index contributed by atoms with van der Waals surface area (Å²) in [6, 6.07) is -0.381. The van der Waals surface area contributed by atoms with Crippen molar-refractivity contribution in [1.29, 1.82) is 0 Å². The lowest BCUT2D eigenvalue weighted by atomic mass is 10.1. The molecule has 0 bridgehead atoms. The van der Waals surface area contributed by atoms with Gasteiger partial charge in [0.25, 0.3) is 0 Å². The summed E-state index contributed by atoms with van der Waals surface area (Å²) >= 11 is 0. The van der Waals surface area contributed by atoms with Crippen molar-refractivity contribution in [3.8, 4) is 0 Å². The zero-order chi connectivity index (χ0) is 12.1. The van der Waals surface area contributed by atoms with Gasteiger partial charge in [0.05, 0.1) is 0 Å². The molecule has 1 aromatic rings. The molecule has 0 saturated heterocycles. The lowest BCUT2D eigenvalue weighted by Crippen LogP contribution is -2.42. The van der Waals surface area contributed by atoms with Gasteiger partial charge in [-0.25, -0.2) is 9.67 Å². The Bertz CT molecular complexity index is 322. The molecule has 2 unspecified atom stereocenters. The van der Waals surface area contributed by atoms with E-state index in [2.05, 4.69) is 15.4 Å². The molecule has 0 saturated carbocycles. The van der Waals surface area contributed by atoms with Crippen LogP contribution in [0, 0.1) is 5.92 Å². The Morgan fingerprint density at radius 3 is 2.69 bits per heavy atom. The fourth-order valence-electron chi connectivity index (χ4n) is 1.14. The molecule has 6 nitrogen and oxygen atoms in total. The van der Waals surface area contributed by atoms with E-state index < -0.39 is 0 Å². The smallest absolute Gasteiger partial charge is 0.244 e. The molecule has 0 aliphatic carbocycles. The molecule has 0 radical (unpaired) electrons. The van der Waals surface area contributed by atoms with E-state index in [1.807, 2.05) is 13.8 Å². The lowest BCUT2D eigenvalue weighted by Gasteiger charge is -2.18. The van der Waals surface area contributed by atoms with Crippen molar-refractivity contribution in [1.82, 2.24) is 20.1 Å². The van der Waals surface area contributed by atoms with Gasteiger partial charge in [0, 0.05) is 12.6 Å². The van der Waals surface area contributed by atoms with Crippen molar-refractivity contribution < 1.29 is 4.79 Å². The third-order valence-electron chi connectivity index (χ3n) is 2.58. The first-order chi connectivity index (χ1) is 7.52. The van der Waals surface area contributed by atoms with Gasteiger partial charge < -0.3 is 11.1 Å². The molecular weight excluding hydrogens is 206 g/mol. The largest absolute Gasteiger partial charge is 0.353 e. The average Bonchev–Trinajstić information content (AvgIpc) is 2.77. The highest BCUT2D eigenvalue weighted by Crippen LogP contribution is 2.02. The Balaban J connectivity index is 2.41. The van der Waals surface area contributed by atoms with Crippen molar-refractivity contribution in [3.05, 3.63) is 12.7 Å². The van der Waals surface area contributed by atoms with Gasteiger partial charge in [-0.05, 0) is 12.8 Å². The van der Waals surface area contributed by atoms with E-state index in [1.54, 1.807) is 6.92 Å². The van der Waals surface area contributed by atoms with E-state index >= 15 is 0 Å². The van der Waals surface area contributed by atoms with E-state index in [9.17, 15) is 4.79 Å². The van der Waals surface area contributed by atoms with Crippen LogP contribution in [0.1, 0.15) is 26.8 Å². The van der Waals surface area contributed by atoms with Crippen LogP contribution < -0.4 is 11.1 Å². The van der Waals surface area contributed by atoms with E-state index in [0.29, 0.717) is 12.5 Å². The maximum Gasteiger partial charge on any atom is 0.244 e. The molecule has 1 rings (SSSR count). The van der Waals surface area contributed by atoms with Crippen LogP contribution in [0.15, 0.2) is 12.7 Å².